The van der Waals surface area contributed by atoms with E-state index in [1.165, 1.54) is 19.0 Å². The SMILES string of the molecule is [Ga][O]c1ccccc1C=Nc1ccccc1[O][Ga]1[O]c2ccccc2C=Nc2ccccc2[O]1. The Balaban J connectivity index is 1.47. The van der Waals surface area contributed by atoms with Gasteiger partial charge in [0.25, 0.3) is 0 Å². The molecular weight excluding hydrogens is 544 g/mol. The van der Waals surface area contributed by atoms with E-state index >= 15 is 0 Å². The summed E-state index contributed by atoms with van der Waals surface area (Å²) in [6.07, 6.45) is 3.56. The van der Waals surface area contributed by atoms with Crippen molar-refractivity contribution in [2.45, 2.75) is 0 Å². The Hall–Kier alpha value is -3.31. The van der Waals surface area contributed by atoms with Crippen molar-refractivity contribution in [1.82, 2.24) is 0 Å². The molecule has 1 aliphatic rings. The van der Waals surface area contributed by atoms with Crippen molar-refractivity contribution in [2.75, 3.05) is 0 Å². The first-order valence-corrected chi connectivity index (χ1v) is 14.6. The quantitative estimate of drug-likeness (QED) is 0.239. The van der Waals surface area contributed by atoms with E-state index in [-0.39, 0.29) is 0 Å². The number of rotatable bonds is 5. The molecular formula is C26H18Ga2N2O4. The van der Waals surface area contributed by atoms with Crippen LogP contribution in [0.5, 0.6) is 23.0 Å². The summed E-state index contributed by atoms with van der Waals surface area (Å²) >= 11 is -2.16. The Kier molecular flexibility index (Phi) is 7.11. The van der Waals surface area contributed by atoms with Crippen LogP contribution in [-0.4, -0.2) is 48.7 Å². The van der Waals surface area contributed by atoms with Gasteiger partial charge in [-0.05, 0) is 0 Å². The topological polar surface area (TPSA) is 61.6 Å². The summed E-state index contributed by atoms with van der Waals surface area (Å²) in [6.45, 7) is 0. The van der Waals surface area contributed by atoms with Gasteiger partial charge in [0.1, 0.15) is 0 Å². The molecule has 0 bridgehead atoms. The van der Waals surface area contributed by atoms with Crippen LogP contribution in [0, 0.1) is 0 Å². The van der Waals surface area contributed by atoms with Crippen LogP contribution in [0.2, 0.25) is 0 Å². The molecule has 34 heavy (non-hydrogen) atoms. The average molecular weight is 562 g/mol. The van der Waals surface area contributed by atoms with Crippen LogP contribution in [0.25, 0.3) is 0 Å². The fourth-order valence-corrected chi connectivity index (χ4v) is 6.72. The number of aliphatic imine (C=N–C) groups is 2. The molecule has 6 nitrogen and oxygen atoms in total. The number of para-hydroxylation sites is 6. The van der Waals surface area contributed by atoms with Crippen LogP contribution in [0.3, 0.4) is 0 Å². The zero-order valence-electron chi connectivity index (χ0n) is 18.1. The monoisotopic (exact) mass is 560 g/mol. The normalized spacial score (nSPS) is 12.4. The number of hydrogen-bond donors (Lipinski definition) is 0. The Morgan fingerprint density at radius 2 is 1.44 bits per heavy atom. The van der Waals surface area contributed by atoms with Crippen molar-refractivity contribution in [1.29, 1.82) is 0 Å². The zero-order valence-corrected chi connectivity index (χ0v) is 22.9. The summed E-state index contributed by atoms with van der Waals surface area (Å²) in [6, 6.07) is 30.7. The second-order valence-corrected chi connectivity index (χ2v) is 10.5. The summed E-state index contributed by atoms with van der Waals surface area (Å²) in [5.41, 5.74) is 3.16. The molecule has 1 aliphatic heterocycles. The summed E-state index contributed by atoms with van der Waals surface area (Å²) in [4.78, 5) is 9.27. The van der Waals surface area contributed by atoms with Crippen molar-refractivity contribution in [3.63, 3.8) is 0 Å². The summed E-state index contributed by atoms with van der Waals surface area (Å²) in [5.74, 6) is 2.69. The Labute approximate surface area is 214 Å². The molecule has 1 heterocycles. The van der Waals surface area contributed by atoms with Crippen LogP contribution in [-0.2, 0) is 0 Å². The molecule has 4 aromatic carbocycles. The van der Waals surface area contributed by atoms with E-state index < -0.39 is 17.3 Å². The van der Waals surface area contributed by atoms with Gasteiger partial charge < -0.3 is 0 Å². The zero-order chi connectivity index (χ0) is 23.2. The van der Waals surface area contributed by atoms with Crippen molar-refractivity contribution in [3.8, 4) is 23.0 Å². The molecule has 0 saturated carbocycles. The molecule has 0 amide bonds. The van der Waals surface area contributed by atoms with Gasteiger partial charge in [-0.1, -0.05) is 0 Å². The molecule has 0 saturated heterocycles. The second kappa shape index (κ2) is 10.7. The molecule has 5 rings (SSSR count). The molecule has 4 aromatic rings. The number of hydrogen-bond acceptors (Lipinski definition) is 6. The molecule has 0 fully saturated rings. The van der Waals surface area contributed by atoms with Gasteiger partial charge in [-0.3, -0.25) is 0 Å². The molecule has 2 radical (unpaired) electrons. The molecule has 0 atom stereocenters. The fourth-order valence-electron chi connectivity index (χ4n) is 3.38. The van der Waals surface area contributed by atoms with Crippen LogP contribution in [0.15, 0.2) is 107 Å². The minimum absolute atomic E-state index is 0.595. The molecule has 0 spiro atoms. The molecule has 162 valence electrons. The van der Waals surface area contributed by atoms with Gasteiger partial charge in [0.15, 0.2) is 0 Å². The van der Waals surface area contributed by atoms with Crippen LogP contribution >= 0.6 is 0 Å². The predicted molar refractivity (Wildman–Crippen MR) is 134 cm³/mol. The van der Waals surface area contributed by atoms with E-state index in [2.05, 4.69) is 9.98 Å². The van der Waals surface area contributed by atoms with Gasteiger partial charge in [-0.2, -0.15) is 0 Å². The second-order valence-electron chi connectivity index (χ2n) is 7.29. The molecule has 0 aliphatic carbocycles. The summed E-state index contributed by atoms with van der Waals surface area (Å²) < 4.78 is 24.5. The Bertz CT molecular complexity index is 1310. The van der Waals surface area contributed by atoms with Crippen LogP contribution in [0.4, 0.5) is 11.4 Å². The van der Waals surface area contributed by atoms with Crippen LogP contribution < -0.4 is 14.1 Å². The van der Waals surface area contributed by atoms with E-state index in [4.69, 9.17) is 14.1 Å². The van der Waals surface area contributed by atoms with Crippen LogP contribution in [0.1, 0.15) is 11.1 Å². The minimum atomic E-state index is -3.34. The number of fused-ring (bicyclic) bond motifs is 2. The summed E-state index contributed by atoms with van der Waals surface area (Å²) in [5, 5.41) is 0. The van der Waals surface area contributed by atoms with E-state index in [1.54, 1.807) is 12.4 Å². The van der Waals surface area contributed by atoms with E-state index in [0.717, 1.165) is 22.6 Å². The first-order chi connectivity index (χ1) is 16.8. The van der Waals surface area contributed by atoms with E-state index in [0.29, 0.717) is 22.9 Å². The maximum absolute atomic E-state index is 6.38. The Morgan fingerprint density at radius 1 is 0.765 bits per heavy atom. The third-order valence-electron chi connectivity index (χ3n) is 5.05. The van der Waals surface area contributed by atoms with Crippen molar-refractivity contribution in [3.05, 3.63) is 108 Å². The summed E-state index contributed by atoms with van der Waals surface area (Å²) in [7, 11) is 0. The third kappa shape index (κ3) is 5.26. The van der Waals surface area contributed by atoms with Gasteiger partial charge in [-0.15, -0.1) is 0 Å². The molecule has 8 heteroatoms. The number of nitrogens with zero attached hydrogens (tertiary/aromatic N) is 2. The Morgan fingerprint density at radius 3 is 2.32 bits per heavy atom. The van der Waals surface area contributed by atoms with Crippen molar-refractivity contribution in [2.24, 2.45) is 9.98 Å². The third-order valence-corrected chi connectivity index (χ3v) is 8.39. The first-order valence-electron chi connectivity index (χ1n) is 10.6. The van der Waals surface area contributed by atoms with Gasteiger partial charge in [0.2, 0.25) is 0 Å². The maximum atomic E-state index is 6.38. The van der Waals surface area contributed by atoms with Gasteiger partial charge in [0.05, 0.1) is 0 Å². The number of benzene rings is 4. The van der Waals surface area contributed by atoms with Crippen molar-refractivity contribution >= 4 is 60.1 Å². The fraction of sp³-hybridized carbons (Fsp3) is 0. The molecule has 0 unspecified atom stereocenters. The van der Waals surface area contributed by atoms with E-state index in [9.17, 15) is 0 Å². The average Bonchev–Trinajstić information content (AvgIpc) is 2.95. The van der Waals surface area contributed by atoms with Crippen molar-refractivity contribution < 1.29 is 14.1 Å². The first kappa shape index (κ1) is 22.5. The predicted octanol–water partition coefficient (Wildman–Crippen LogP) is 5.49. The van der Waals surface area contributed by atoms with E-state index in [1.807, 2.05) is 97.1 Å². The molecule has 0 N–H and O–H groups in total. The van der Waals surface area contributed by atoms with Gasteiger partial charge in [0, 0.05) is 0 Å². The molecule has 0 aromatic heterocycles. The standard InChI is InChI=1S/2C13H11NO2.2Ga/c2*15-12-7-3-1-5-10(12)9-14-11-6-2-4-8-13(11)16;;/h2*1-9,15-16H;;/q;;+1;+3/p-4. The van der Waals surface area contributed by atoms with Gasteiger partial charge in [-0.25, -0.2) is 0 Å². The van der Waals surface area contributed by atoms with Gasteiger partial charge >= 0.3 is 215 Å².